The Kier molecular flexibility index (Phi) is 5.97. The summed E-state index contributed by atoms with van der Waals surface area (Å²) >= 11 is -2.23. The van der Waals surface area contributed by atoms with Crippen molar-refractivity contribution in [2.75, 3.05) is 0 Å². The van der Waals surface area contributed by atoms with Crippen LogP contribution in [0.25, 0.3) is 44.3 Å². The molecule has 1 aliphatic rings. The van der Waals surface area contributed by atoms with Crippen LogP contribution in [-0.4, -0.2) is 13.3 Å². The van der Waals surface area contributed by atoms with Crippen LogP contribution < -0.4 is 8.96 Å². The Morgan fingerprint density at radius 2 is 1.51 bits per heavy atom. The van der Waals surface area contributed by atoms with Crippen LogP contribution in [0.15, 0.2) is 71.3 Å². The Morgan fingerprint density at radius 1 is 0.795 bits per heavy atom. The molecule has 0 radical (unpaired) electrons. The Hall–Kier alpha value is -2.85. The third-order valence-electron chi connectivity index (χ3n) is 9.28. The average Bonchev–Trinajstić information content (AvgIpc) is 3.25. The van der Waals surface area contributed by atoms with Gasteiger partial charge in [-0.05, 0) is 0 Å². The van der Waals surface area contributed by atoms with Gasteiger partial charge in [-0.2, -0.15) is 0 Å². The van der Waals surface area contributed by atoms with Crippen molar-refractivity contribution in [1.82, 2.24) is 0 Å². The predicted octanol–water partition coefficient (Wildman–Crippen LogP) is 8.95. The molecule has 3 heteroatoms. The fourth-order valence-electron chi connectivity index (χ4n) is 6.75. The van der Waals surface area contributed by atoms with E-state index in [1.165, 1.54) is 67.1 Å². The molecule has 0 spiro atoms. The molecule has 6 rings (SSSR count). The number of nitrogens with zero attached hydrogens (tertiary/aromatic N) is 1. The SMILES string of the molecule is Cc1ccc2c(oc3c(-c4ccc5c(c4)C(C)(C)CCC5(C)C)cc[c]([Ge]([CH3])([CH3])[CH3])c32)c1-c1cccc[n+]1C. The van der Waals surface area contributed by atoms with Crippen LogP contribution in [0.2, 0.25) is 17.3 Å². The summed E-state index contributed by atoms with van der Waals surface area (Å²) in [6.07, 6.45) is 4.56. The van der Waals surface area contributed by atoms with Gasteiger partial charge in [-0.3, -0.25) is 0 Å². The van der Waals surface area contributed by atoms with Crippen molar-refractivity contribution in [3.63, 3.8) is 0 Å². The second-order valence-electron chi connectivity index (χ2n) is 14.1. The van der Waals surface area contributed by atoms with E-state index in [9.17, 15) is 0 Å². The number of benzene rings is 3. The van der Waals surface area contributed by atoms with E-state index in [1.54, 1.807) is 0 Å². The van der Waals surface area contributed by atoms with Gasteiger partial charge in [0.1, 0.15) is 0 Å². The second-order valence-corrected chi connectivity index (χ2v) is 24.6. The van der Waals surface area contributed by atoms with Gasteiger partial charge in [0.05, 0.1) is 0 Å². The van der Waals surface area contributed by atoms with E-state index in [0.29, 0.717) is 0 Å². The molecule has 0 saturated carbocycles. The first kappa shape index (κ1) is 26.4. The molecule has 5 aromatic rings. The zero-order valence-corrected chi connectivity index (χ0v) is 27.2. The Morgan fingerprint density at radius 3 is 2.21 bits per heavy atom. The molecule has 0 N–H and O–H groups in total. The normalized spacial score (nSPS) is 16.5. The van der Waals surface area contributed by atoms with E-state index in [-0.39, 0.29) is 10.8 Å². The third-order valence-corrected chi connectivity index (χ3v) is 13.5. The van der Waals surface area contributed by atoms with Crippen molar-refractivity contribution in [1.29, 1.82) is 0 Å². The molecule has 3 aromatic carbocycles. The van der Waals surface area contributed by atoms with Gasteiger partial charge in [0.2, 0.25) is 0 Å². The fraction of sp³-hybridized carbons (Fsp3) is 0.361. The van der Waals surface area contributed by atoms with Crippen LogP contribution in [0.1, 0.15) is 57.2 Å². The molecule has 200 valence electrons. The number of hydrogen-bond acceptors (Lipinski definition) is 1. The van der Waals surface area contributed by atoms with E-state index >= 15 is 0 Å². The molecule has 0 atom stereocenters. The topological polar surface area (TPSA) is 17.0 Å². The van der Waals surface area contributed by atoms with Gasteiger partial charge in [0.15, 0.2) is 0 Å². The van der Waals surface area contributed by atoms with Gasteiger partial charge in [-0.25, -0.2) is 0 Å². The van der Waals surface area contributed by atoms with Crippen LogP contribution >= 0.6 is 0 Å². The van der Waals surface area contributed by atoms with Crippen molar-refractivity contribution in [3.05, 3.63) is 83.6 Å². The van der Waals surface area contributed by atoms with Crippen LogP contribution in [0.5, 0.6) is 0 Å². The van der Waals surface area contributed by atoms with Crippen LogP contribution in [-0.2, 0) is 17.9 Å². The summed E-state index contributed by atoms with van der Waals surface area (Å²) in [5, 5.41) is 2.57. The summed E-state index contributed by atoms with van der Waals surface area (Å²) in [5.74, 6) is 7.47. The first-order valence-electron chi connectivity index (χ1n) is 14.4. The van der Waals surface area contributed by atoms with Gasteiger partial charge < -0.3 is 0 Å². The molecule has 0 bridgehead atoms. The molecular formula is C36H42GeNO+. The Bertz CT molecular complexity index is 1760. The standard InChI is InChI=1S/C36H42GeNO/c1-23-13-15-26-32-29(37(6,7)8)18-16-25(33(32)39-34(26)31(23)30-12-10-11-21-38(30)9)24-14-17-27-28(22-24)36(4,5)20-19-35(27,2)3/h10-18,21-22H,19-20H2,1-9H3/q+1. The van der Waals surface area contributed by atoms with E-state index < -0.39 is 13.3 Å². The van der Waals surface area contributed by atoms with E-state index in [2.05, 4.69) is 130 Å². The van der Waals surface area contributed by atoms with Gasteiger partial charge in [-0.15, -0.1) is 0 Å². The number of fused-ring (bicyclic) bond motifs is 4. The maximum absolute atomic E-state index is 7.05. The van der Waals surface area contributed by atoms with Crippen molar-refractivity contribution in [2.24, 2.45) is 7.05 Å². The number of furan rings is 1. The van der Waals surface area contributed by atoms with Gasteiger partial charge in [-0.1, -0.05) is 0 Å². The van der Waals surface area contributed by atoms with Gasteiger partial charge >= 0.3 is 237 Å². The number of hydrogen-bond donors (Lipinski definition) is 0. The molecule has 0 aliphatic heterocycles. The Balaban J connectivity index is 1.70. The monoisotopic (exact) mass is 578 g/mol. The summed E-state index contributed by atoms with van der Waals surface area (Å²) in [4.78, 5) is 0. The van der Waals surface area contributed by atoms with Gasteiger partial charge in [0.25, 0.3) is 0 Å². The average molecular weight is 577 g/mol. The van der Waals surface area contributed by atoms with Gasteiger partial charge in [0, 0.05) is 0 Å². The summed E-state index contributed by atoms with van der Waals surface area (Å²) in [5.41, 5.74) is 11.5. The maximum atomic E-state index is 7.05. The number of aromatic nitrogens is 1. The summed E-state index contributed by atoms with van der Waals surface area (Å²) in [6, 6.07) is 22.9. The van der Waals surface area contributed by atoms with Crippen LogP contribution in [0.3, 0.4) is 0 Å². The van der Waals surface area contributed by atoms with E-state index in [4.69, 9.17) is 4.42 Å². The zero-order chi connectivity index (χ0) is 27.9. The molecule has 1 aliphatic carbocycles. The quantitative estimate of drug-likeness (QED) is 0.155. The molecule has 0 unspecified atom stereocenters. The molecule has 2 aromatic heterocycles. The molecule has 2 heterocycles. The fourth-order valence-corrected chi connectivity index (χ4v) is 10.1. The van der Waals surface area contributed by atoms with Crippen molar-refractivity contribution in [3.8, 4) is 22.4 Å². The summed E-state index contributed by atoms with van der Waals surface area (Å²) in [7, 11) is 2.12. The molecule has 2 nitrogen and oxygen atoms in total. The van der Waals surface area contributed by atoms with Crippen LogP contribution in [0.4, 0.5) is 0 Å². The van der Waals surface area contributed by atoms with E-state index in [0.717, 1.165) is 11.2 Å². The van der Waals surface area contributed by atoms with Crippen molar-refractivity contribution in [2.45, 2.75) is 75.6 Å². The first-order chi connectivity index (χ1) is 18.3. The third kappa shape index (κ3) is 4.18. The number of pyridine rings is 1. The molecule has 0 fully saturated rings. The summed E-state index contributed by atoms with van der Waals surface area (Å²) < 4.78 is 10.8. The van der Waals surface area contributed by atoms with Crippen molar-refractivity contribution < 1.29 is 8.98 Å². The molecule has 0 amide bonds. The summed E-state index contributed by atoms with van der Waals surface area (Å²) in [6.45, 7) is 11.8. The molecule has 0 saturated heterocycles. The number of aryl methyl sites for hydroxylation is 2. The molecular weight excluding hydrogens is 535 g/mol. The molecule has 39 heavy (non-hydrogen) atoms. The zero-order valence-electron chi connectivity index (χ0n) is 25.1. The number of rotatable bonds is 3. The van der Waals surface area contributed by atoms with Crippen LogP contribution in [0, 0.1) is 6.92 Å². The van der Waals surface area contributed by atoms with E-state index in [1.807, 2.05) is 0 Å². The van der Waals surface area contributed by atoms with Crippen molar-refractivity contribution >= 4 is 39.6 Å². The Labute approximate surface area is 236 Å². The predicted molar refractivity (Wildman–Crippen MR) is 169 cm³/mol. The minimum atomic E-state index is -2.23. The minimum absolute atomic E-state index is 0.168. The second kappa shape index (κ2) is 8.83. The first-order valence-corrected chi connectivity index (χ1v) is 21.7.